The Morgan fingerprint density at radius 3 is 2.20 bits per heavy atom. The number of fused-ring (bicyclic) bond motifs is 1. The predicted octanol–water partition coefficient (Wildman–Crippen LogP) is 5.25. The van der Waals surface area contributed by atoms with Gasteiger partial charge in [-0.15, -0.1) is 0 Å². The van der Waals surface area contributed by atoms with E-state index in [0.29, 0.717) is 41.3 Å². The van der Waals surface area contributed by atoms with Gasteiger partial charge < -0.3 is 25.0 Å². The van der Waals surface area contributed by atoms with Crippen molar-refractivity contribution in [1.82, 2.24) is 5.32 Å². The third-order valence-electron chi connectivity index (χ3n) is 7.08. The van der Waals surface area contributed by atoms with Gasteiger partial charge in [-0.05, 0) is 79.6 Å². The summed E-state index contributed by atoms with van der Waals surface area (Å²) >= 11 is 0. The first-order valence-electron chi connectivity index (χ1n) is 13.7. The molecule has 0 aromatic heterocycles. The van der Waals surface area contributed by atoms with Crippen molar-refractivity contribution in [3.05, 3.63) is 94.8 Å². The maximum absolute atomic E-state index is 13.9. The van der Waals surface area contributed by atoms with E-state index in [9.17, 15) is 18.8 Å². The van der Waals surface area contributed by atoms with Crippen LogP contribution in [-0.4, -0.2) is 43.3 Å². The number of hydrogen-bond acceptors (Lipinski definition) is 5. The first kappa shape index (κ1) is 28.4. The van der Waals surface area contributed by atoms with Gasteiger partial charge in [-0.1, -0.05) is 26.0 Å². The minimum atomic E-state index is -0.774. The Bertz CT molecular complexity index is 1440. The van der Waals surface area contributed by atoms with Gasteiger partial charge in [0.2, 0.25) is 5.91 Å². The lowest BCUT2D eigenvalue weighted by Crippen LogP contribution is -2.43. The topological polar surface area (TPSA) is 97.0 Å². The molecule has 1 unspecified atom stereocenters. The van der Waals surface area contributed by atoms with E-state index in [1.165, 1.54) is 24.3 Å². The average molecular weight is 560 g/mol. The van der Waals surface area contributed by atoms with E-state index in [4.69, 9.17) is 9.47 Å². The molecule has 41 heavy (non-hydrogen) atoms. The van der Waals surface area contributed by atoms with Crippen LogP contribution in [-0.2, 0) is 20.8 Å². The highest BCUT2D eigenvalue weighted by Crippen LogP contribution is 2.44. The third-order valence-corrected chi connectivity index (χ3v) is 7.08. The summed E-state index contributed by atoms with van der Waals surface area (Å²) in [6.07, 6.45) is -0.774. The minimum absolute atomic E-state index is 0.0259. The molecule has 2 aliphatic heterocycles. The number of carbonyl (C=O) groups is 3. The van der Waals surface area contributed by atoms with E-state index >= 15 is 0 Å². The van der Waals surface area contributed by atoms with Crippen LogP contribution in [0.25, 0.3) is 0 Å². The lowest BCUT2D eigenvalue weighted by Gasteiger charge is -2.36. The molecule has 1 fully saturated rings. The zero-order valence-electron chi connectivity index (χ0n) is 23.6. The summed E-state index contributed by atoms with van der Waals surface area (Å²) in [6, 6.07) is 17.8. The molecule has 1 saturated heterocycles. The van der Waals surface area contributed by atoms with Crippen LogP contribution in [0.15, 0.2) is 66.7 Å². The maximum atomic E-state index is 13.9. The molecule has 1 atom stereocenters. The molecule has 214 valence electrons. The number of halogens is 1. The van der Waals surface area contributed by atoms with E-state index < -0.39 is 23.9 Å². The molecule has 0 radical (unpaired) electrons. The Morgan fingerprint density at radius 1 is 0.951 bits per heavy atom. The Morgan fingerprint density at radius 2 is 1.56 bits per heavy atom. The van der Waals surface area contributed by atoms with Crippen molar-refractivity contribution in [2.24, 2.45) is 5.41 Å². The van der Waals surface area contributed by atoms with Crippen molar-refractivity contribution in [1.29, 1.82) is 0 Å². The van der Waals surface area contributed by atoms with Gasteiger partial charge in [-0.3, -0.25) is 14.4 Å². The zero-order chi connectivity index (χ0) is 29.3. The molecule has 9 heteroatoms. The summed E-state index contributed by atoms with van der Waals surface area (Å²) in [5.74, 6) is -1.87. The molecule has 0 bridgehead atoms. The second kappa shape index (κ2) is 11.4. The van der Waals surface area contributed by atoms with Gasteiger partial charge >= 0.3 is 0 Å². The smallest absolute Gasteiger partial charge is 0.255 e. The van der Waals surface area contributed by atoms with Crippen LogP contribution < -0.4 is 15.5 Å². The van der Waals surface area contributed by atoms with E-state index in [1.807, 2.05) is 39.8 Å². The highest BCUT2D eigenvalue weighted by molar-refractivity contribution is 6.07. The number of hydrogen-bond donors (Lipinski definition) is 2. The van der Waals surface area contributed by atoms with Crippen LogP contribution in [0.3, 0.4) is 0 Å². The van der Waals surface area contributed by atoms with Gasteiger partial charge in [0, 0.05) is 34.0 Å². The highest BCUT2D eigenvalue weighted by Gasteiger charge is 2.46. The lowest BCUT2D eigenvalue weighted by atomic mass is 9.93. The number of anilines is 2. The number of amides is 3. The van der Waals surface area contributed by atoms with Crippen LogP contribution in [0.4, 0.5) is 15.8 Å². The zero-order valence-corrected chi connectivity index (χ0v) is 23.6. The summed E-state index contributed by atoms with van der Waals surface area (Å²) < 4.78 is 25.4. The van der Waals surface area contributed by atoms with Crippen molar-refractivity contribution in [3.8, 4) is 0 Å². The van der Waals surface area contributed by atoms with Gasteiger partial charge in [-0.2, -0.15) is 0 Å². The molecule has 3 aromatic rings. The molecule has 2 heterocycles. The third kappa shape index (κ3) is 6.31. The normalized spacial score (nSPS) is 18.3. The molecule has 3 amide bonds. The van der Waals surface area contributed by atoms with Crippen LogP contribution in [0.2, 0.25) is 0 Å². The largest absolute Gasteiger partial charge is 0.351 e. The van der Waals surface area contributed by atoms with Crippen molar-refractivity contribution in [3.63, 3.8) is 0 Å². The summed E-state index contributed by atoms with van der Waals surface area (Å²) in [5.41, 5.74) is 3.41. The molecule has 2 N–H and O–H groups in total. The van der Waals surface area contributed by atoms with Crippen LogP contribution in [0.5, 0.6) is 0 Å². The molecular weight excluding hydrogens is 525 g/mol. The monoisotopic (exact) mass is 559 g/mol. The maximum Gasteiger partial charge on any atom is 0.255 e. The van der Waals surface area contributed by atoms with Crippen LogP contribution in [0.1, 0.15) is 65.5 Å². The van der Waals surface area contributed by atoms with E-state index in [-0.39, 0.29) is 29.8 Å². The first-order chi connectivity index (χ1) is 19.5. The fraction of sp³-hybridized carbons (Fsp3) is 0.344. The number of nitrogens with zero attached hydrogens (tertiary/aromatic N) is 1. The Labute approximate surface area is 238 Å². The minimum Gasteiger partial charge on any atom is -0.351 e. The van der Waals surface area contributed by atoms with Crippen molar-refractivity contribution in [2.45, 2.75) is 52.5 Å². The second-order valence-electron chi connectivity index (χ2n) is 11.6. The second-order valence-corrected chi connectivity index (χ2v) is 11.6. The van der Waals surface area contributed by atoms with Gasteiger partial charge in [0.25, 0.3) is 11.8 Å². The SMILES string of the molecule is CC(C)NC(=O)c1ccc(CN2C(=O)C(C3OCC(C)(C)CO3)c3cc(NC(=O)c4ccc(F)cc4)ccc32)cc1. The number of benzene rings is 3. The highest BCUT2D eigenvalue weighted by atomic mass is 19.1. The van der Waals surface area contributed by atoms with Crippen LogP contribution in [0, 0.1) is 11.2 Å². The average Bonchev–Trinajstić information content (AvgIpc) is 3.19. The molecule has 2 aliphatic rings. The molecule has 8 nitrogen and oxygen atoms in total. The Balaban J connectivity index is 1.41. The summed E-state index contributed by atoms with van der Waals surface area (Å²) in [5, 5.41) is 5.72. The van der Waals surface area contributed by atoms with E-state index in [1.54, 1.807) is 35.2 Å². The summed E-state index contributed by atoms with van der Waals surface area (Å²) in [6.45, 7) is 9.05. The summed E-state index contributed by atoms with van der Waals surface area (Å²) in [4.78, 5) is 40.7. The fourth-order valence-electron chi connectivity index (χ4n) is 4.96. The standard InChI is InChI=1S/C32H34FN3O5/c1-19(2)34-28(37)21-7-5-20(6-8-21)16-36-26-14-13-24(35-29(38)22-9-11-23(33)12-10-22)15-25(26)27(30(36)39)31-40-17-32(3,4)18-41-31/h5-15,19,27,31H,16-18H2,1-4H3,(H,34,37)(H,35,38). The number of rotatable bonds is 7. The molecule has 3 aromatic carbocycles. The van der Waals surface area contributed by atoms with E-state index in [2.05, 4.69) is 10.6 Å². The fourth-order valence-corrected chi connectivity index (χ4v) is 4.96. The Hall–Kier alpha value is -4.08. The lowest BCUT2D eigenvalue weighted by molar-refractivity contribution is -0.229. The number of ether oxygens (including phenoxy) is 2. The predicted molar refractivity (Wildman–Crippen MR) is 153 cm³/mol. The number of carbonyl (C=O) groups excluding carboxylic acids is 3. The quantitative estimate of drug-likeness (QED) is 0.413. The van der Waals surface area contributed by atoms with Crippen molar-refractivity contribution < 1.29 is 28.2 Å². The van der Waals surface area contributed by atoms with Crippen molar-refractivity contribution in [2.75, 3.05) is 23.4 Å². The molecular formula is C32H34FN3O5. The summed E-state index contributed by atoms with van der Waals surface area (Å²) in [7, 11) is 0. The number of nitrogens with one attached hydrogen (secondary N) is 2. The van der Waals surface area contributed by atoms with E-state index in [0.717, 1.165) is 5.56 Å². The van der Waals surface area contributed by atoms with Gasteiger partial charge in [0.1, 0.15) is 11.7 Å². The van der Waals surface area contributed by atoms with Crippen LogP contribution >= 0.6 is 0 Å². The Kier molecular flexibility index (Phi) is 7.93. The van der Waals surface area contributed by atoms with Crippen molar-refractivity contribution >= 4 is 29.1 Å². The van der Waals surface area contributed by atoms with Gasteiger partial charge in [0.05, 0.1) is 19.8 Å². The van der Waals surface area contributed by atoms with Gasteiger partial charge in [0.15, 0.2) is 6.29 Å². The molecule has 5 rings (SSSR count). The molecule has 0 saturated carbocycles. The molecule has 0 aliphatic carbocycles. The molecule has 0 spiro atoms. The van der Waals surface area contributed by atoms with Gasteiger partial charge in [-0.25, -0.2) is 4.39 Å². The first-order valence-corrected chi connectivity index (χ1v) is 13.7.